The van der Waals surface area contributed by atoms with Gasteiger partial charge in [0.25, 0.3) is 0 Å². The van der Waals surface area contributed by atoms with E-state index >= 15 is 0 Å². The number of carboxylic acids is 1. The molecule has 0 aromatic heterocycles. The van der Waals surface area contributed by atoms with Crippen LogP contribution in [0.5, 0.6) is 11.5 Å². The van der Waals surface area contributed by atoms with Crippen LogP contribution in [0.1, 0.15) is 50.2 Å². The van der Waals surface area contributed by atoms with Crippen LogP contribution in [0.4, 0.5) is 0 Å². The summed E-state index contributed by atoms with van der Waals surface area (Å²) in [6.07, 6.45) is 11.5. The first kappa shape index (κ1) is 26.5. The zero-order chi connectivity index (χ0) is 26.7. The molecular formula is C31H35ClN2O4. The van der Waals surface area contributed by atoms with Crippen molar-refractivity contribution in [2.45, 2.75) is 50.7 Å². The number of dihydropyridines is 1. The lowest BCUT2D eigenvalue weighted by Gasteiger charge is -2.32. The van der Waals surface area contributed by atoms with E-state index in [2.05, 4.69) is 34.2 Å². The van der Waals surface area contributed by atoms with Crippen molar-refractivity contribution in [3.05, 3.63) is 76.8 Å². The molecule has 0 spiro atoms. The third-order valence-electron chi connectivity index (χ3n) is 7.75. The maximum atomic E-state index is 11.6. The monoisotopic (exact) mass is 534 g/mol. The molecule has 2 aromatic carbocycles. The predicted molar refractivity (Wildman–Crippen MR) is 152 cm³/mol. The van der Waals surface area contributed by atoms with Crippen molar-refractivity contribution in [3.8, 4) is 11.5 Å². The number of nitrogens with zero attached hydrogens (tertiary/aromatic N) is 2. The number of hydrogen-bond acceptors (Lipinski definition) is 5. The largest absolute Gasteiger partial charge is 0.491 e. The Balaban J connectivity index is 1.31. The fourth-order valence-corrected chi connectivity index (χ4v) is 5.62. The molecule has 0 saturated carbocycles. The Morgan fingerprint density at radius 3 is 2.71 bits per heavy atom. The van der Waals surface area contributed by atoms with Crippen LogP contribution in [-0.4, -0.2) is 60.1 Å². The van der Waals surface area contributed by atoms with Crippen LogP contribution in [0.25, 0.3) is 5.57 Å². The fraction of sp³-hybridized carbons (Fsp3) is 0.419. The molecule has 1 N–H and O–H groups in total. The normalized spacial score (nSPS) is 22.9. The fourth-order valence-electron chi connectivity index (χ4n) is 5.50. The van der Waals surface area contributed by atoms with Gasteiger partial charge in [-0.15, -0.1) is 0 Å². The molecule has 200 valence electrons. The van der Waals surface area contributed by atoms with E-state index in [9.17, 15) is 9.90 Å². The second-order valence-electron chi connectivity index (χ2n) is 10.8. The first-order valence-corrected chi connectivity index (χ1v) is 13.8. The van der Waals surface area contributed by atoms with Gasteiger partial charge < -0.3 is 19.5 Å². The molecule has 1 saturated heterocycles. The van der Waals surface area contributed by atoms with Crippen molar-refractivity contribution in [3.63, 3.8) is 0 Å². The highest BCUT2D eigenvalue weighted by molar-refractivity contribution is 6.30. The number of rotatable bonds is 7. The van der Waals surface area contributed by atoms with Gasteiger partial charge in [-0.1, -0.05) is 35.9 Å². The lowest BCUT2D eigenvalue weighted by molar-refractivity contribution is -0.152. The third kappa shape index (κ3) is 5.97. The summed E-state index contributed by atoms with van der Waals surface area (Å²) in [5.41, 5.74) is 2.15. The molecule has 3 heterocycles. The van der Waals surface area contributed by atoms with Crippen LogP contribution in [0.15, 0.2) is 65.7 Å². The average Bonchev–Trinajstić information content (AvgIpc) is 3.06. The molecule has 0 radical (unpaired) electrons. The summed E-state index contributed by atoms with van der Waals surface area (Å²) in [6, 6.07) is 13.9. The second kappa shape index (κ2) is 11.3. The average molecular weight is 535 g/mol. The van der Waals surface area contributed by atoms with E-state index in [-0.39, 0.29) is 12.0 Å². The Morgan fingerprint density at radius 1 is 1.21 bits per heavy atom. The highest BCUT2D eigenvalue weighted by Crippen LogP contribution is 2.41. The van der Waals surface area contributed by atoms with Crippen molar-refractivity contribution >= 4 is 29.4 Å². The van der Waals surface area contributed by atoms with Gasteiger partial charge in [0.1, 0.15) is 18.1 Å². The quantitative estimate of drug-likeness (QED) is 0.454. The molecule has 38 heavy (non-hydrogen) atoms. The Bertz CT molecular complexity index is 1240. The number of halogens is 1. The molecule has 1 fully saturated rings. The molecule has 3 aliphatic rings. The maximum Gasteiger partial charge on any atom is 0.347 e. The van der Waals surface area contributed by atoms with Gasteiger partial charge in [-0.25, -0.2) is 4.79 Å². The van der Waals surface area contributed by atoms with Crippen LogP contribution in [0, 0.1) is 5.92 Å². The zero-order valence-corrected chi connectivity index (χ0v) is 22.7. The zero-order valence-electron chi connectivity index (χ0n) is 22.0. The van der Waals surface area contributed by atoms with Crippen LogP contribution < -0.4 is 9.47 Å². The number of piperidine rings is 1. The lowest BCUT2D eigenvalue weighted by atomic mass is 9.85. The Morgan fingerprint density at radius 2 is 1.97 bits per heavy atom. The van der Waals surface area contributed by atoms with Crippen LogP contribution in [-0.2, 0) is 4.79 Å². The smallest absolute Gasteiger partial charge is 0.347 e. The Labute approximate surface area is 229 Å². The maximum absolute atomic E-state index is 11.6. The van der Waals surface area contributed by atoms with Crippen molar-refractivity contribution < 1.29 is 19.4 Å². The third-order valence-corrected chi connectivity index (χ3v) is 8.01. The number of aliphatic carboxylic acids is 1. The van der Waals surface area contributed by atoms with Gasteiger partial charge in [-0.3, -0.25) is 4.99 Å². The number of allylic oxidation sites excluding steroid dienone is 1. The van der Waals surface area contributed by atoms with Gasteiger partial charge in [-0.05, 0) is 99.7 Å². The molecule has 2 atom stereocenters. The summed E-state index contributed by atoms with van der Waals surface area (Å²) in [5.74, 6) is 0.964. The molecule has 3 aliphatic heterocycles. The molecular weight excluding hydrogens is 500 g/mol. The predicted octanol–water partition coefficient (Wildman–Crippen LogP) is 6.25. The molecule has 0 aliphatic carbocycles. The molecule has 5 rings (SSSR count). The van der Waals surface area contributed by atoms with E-state index in [0.717, 1.165) is 60.8 Å². The summed E-state index contributed by atoms with van der Waals surface area (Å²) >= 11 is 6.06. The van der Waals surface area contributed by atoms with Crippen molar-refractivity contribution in [2.24, 2.45) is 10.9 Å². The summed E-state index contributed by atoms with van der Waals surface area (Å²) in [4.78, 5) is 18.9. The number of carbonyl (C=O) groups is 1. The summed E-state index contributed by atoms with van der Waals surface area (Å²) < 4.78 is 12.0. The number of carboxylic acid groups (broad SMARTS) is 1. The van der Waals surface area contributed by atoms with E-state index < -0.39 is 11.6 Å². The highest BCUT2D eigenvalue weighted by atomic mass is 35.5. The summed E-state index contributed by atoms with van der Waals surface area (Å²) in [6.45, 7) is 6.75. The van der Waals surface area contributed by atoms with Gasteiger partial charge in [0, 0.05) is 29.3 Å². The molecule has 0 amide bonds. The second-order valence-corrected chi connectivity index (χ2v) is 11.2. The standard InChI is InChI=1S/C31H35ClN2O4/c1-31(2,30(35)36)38-24-11-12-29-27(19-24)25(26-5-3-15-33-28(26)20-37-29)6-4-16-34-17-13-22(14-18-34)21-7-9-23(32)10-8-21/h3,5-12,15,19,22,26,28H,4,13-14,16-18,20H2,1-2H3,(H,35,36). The lowest BCUT2D eigenvalue weighted by Crippen LogP contribution is -2.37. The van der Waals surface area contributed by atoms with Crippen molar-refractivity contribution in [1.29, 1.82) is 0 Å². The van der Waals surface area contributed by atoms with E-state index in [4.69, 9.17) is 21.1 Å². The minimum atomic E-state index is -1.33. The van der Waals surface area contributed by atoms with Crippen LogP contribution >= 0.6 is 11.6 Å². The first-order chi connectivity index (χ1) is 18.3. The molecule has 0 bridgehead atoms. The van der Waals surface area contributed by atoms with Crippen molar-refractivity contribution in [2.75, 3.05) is 26.2 Å². The van der Waals surface area contributed by atoms with Gasteiger partial charge >= 0.3 is 5.97 Å². The molecule has 7 heteroatoms. The minimum Gasteiger partial charge on any atom is -0.491 e. The molecule has 6 nitrogen and oxygen atoms in total. The van der Waals surface area contributed by atoms with E-state index in [1.54, 1.807) is 19.9 Å². The molecule has 2 aromatic rings. The van der Waals surface area contributed by atoms with Crippen LogP contribution in [0.2, 0.25) is 5.02 Å². The van der Waals surface area contributed by atoms with E-state index in [0.29, 0.717) is 18.3 Å². The van der Waals surface area contributed by atoms with Crippen LogP contribution in [0.3, 0.4) is 0 Å². The number of aliphatic imine (C=N–C) groups is 1. The van der Waals surface area contributed by atoms with E-state index in [1.165, 1.54) is 5.56 Å². The van der Waals surface area contributed by atoms with Crippen molar-refractivity contribution in [1.82, 2.24) is 4.90 Å². The van der Waals surface area contributed by atoms with E-state index in [1.807, 2.05) is 36.6 Å². The number of ether oxygens (including phenoxy) is 2. The summed E-state index contributed by atoms with van der Waals surface area (Å²) in [7, 11) is 0. The Hall–Kier alpha value is -3.09. The van der Waals surface area contributed by atoms with Gasteiger partial charge in [0.05, 0.1) is 6.04 Å². The first-order valence-electron chi connectivity index (χ1n) is 13.4. The SMILES string of the molecule is CC(C)(Oc1ccc2c(c1)C(=CCCN1CCC(c3ccc(Cl)cc3)CC1)C1C=CC=NC1CO2)C(=O)O. The minimum absolute atomic E-state index is 0.00796. The topological polar surface area (TPSA) is 71.4 Å². The number of likely N-dealkylation sites (tertiary alicyclic amines) is 1. The number of hydrogen-bond donors (Lipinski definition) is 1. The van der Waals surface area contributed by atoms with Gasteiger partial charge in [-0.2, -0.15) is 0 Å². The Kier molecular flexibility index (Phi) is 7.91. The number of fused-ring (bicyclic) bond motifs is 2. The van der Waals surface area contributed by atoms with Gasteiger partial charge in [0.2, 0.25) is 0 Å². The molecule has 2 unspecified atom stereocenters. The highest BCUT2D eigenvalue weighted by Gasteiger charge is 2.33. The summed E-state index contributed by atoms with van der Waals surface area (Å²) in [5, 5.41) is 10.3. The number of benzene rings is 2. The van der Waals surface area contributed by atoms with Gasteiger partial charge in [0.15, 0.2) is 5.60 Å².